The number of carbonyl (C=O) groups excluding carboxylic acids is 4. The van der Waals surface area contributed by atoms with Gasteiger partial charge in [0.15, 0.2) is 0 Å². The average molecular weight is 802 g/mol. The molecule has 0 bridgehead atoms. The van der Waals surface area contributed by atoms with Gasteiger partial charge in [-0.3, -0.25) is 19.2 Å². The fraction of sp³-hybridized carbons (Fsp3) is 0.660. The predicted molar refractivity (Wildman–Crippen MR) is 233 cm³/mol. The molecule has 2 amide bonds. The van der Waals surface area contributed by atoms with Crippen LogP contribution in [0.5, 0.6) is 0 Å². The van der Waals surface area contributed by atoms with Crippen LogP contribution in [-0.2, 0) is 54.3 Å². The maximum absolute atomic E-state index is 11.8. The minimum atomic E-state index is -0.958. The molecule has 10 nitrogen and oxygen atoms in total. The largest absolute Gasteiger partial charge is 0.463 e. The van der Waals surface area contributed by atoms with Crippen molar-refractivity contribution in [2.45, 2.75) is 176 Å². The highest BCUT2D eigenvalue weighted by Crippen LogP contribution is 2.20. The van der Waals surface area contributed by atoms with E-state index in [-0.39, 0.29) is 47.1 Å². The number of amides is 2. The molecule has 0 aromatic heterocycles. The minimum Gasteiger partial charge on any atom is -0.463 e. The van der Waals surface area contributed by atoms with Gasteiger partial charge in [-0.25, -0.2) is 0 Å². The molecule has 57 heavy (non-hydrogen) atoms. The van der Waals surface area contributed by atoms with Gasteiger partial charge in [-0.1, -0.05) is 134 Å². The van der Waals surface area contributed by atoms with Gasteiger partial charge in [0.2, 0.25) is 11.8 Å². The van der Waals surface area contributed by atoms with Crippen LogP contribution in [0.2, 0.25) is 0 Å². The van der Waals surface area contributed by atoms with Crippen LogP contribution in [0.15, 0.2) is 48.5 Å². The monoisotopic (exact) mass is 802 g/mol. The second kappa shape index (κ2) is 31.3. The van der Waals surface area contributed by atoms with Crippen molar-refractivity contribution in [2.24, 2.45) is 0 Å². The SMILES string of the molecule is C.CCCCCCCCc1ccc(CCC(CO)(CO)NC(C)=O)cc1.CCCCCCCCc1ccc(CCC(COC(C)=O)(COC(C)=O)NC(C)=O)cc1.[2HH]. The predicted octanol–water partition coefficient (Wildman–Crippen LogP) is 8.79. The summed E-state index contributed by atoms with van der Waals surface area (Å²) in [7, 11) is 0. The molecular weight excluding hydrogens is 721 g/mol. The summed E-state index contributed by atoms with van der Waals surface area (Å²) in [6.45, 7) is 9.26. The van der Waals surface area contributed by atoms with Crippen LogP contribution in [0, 0.1) is 0 Å². The molecule has 0 aliphatic carbocycles. The van der Waals surface area contributed by atoms with Gasteiger partial charge >= 0.3 is 11.9 Å². The van der Waals surface area contributed by atoms with Crippen molar-refractivity contribution in [2.75, 3.05) is 26.4 Å². The number of aryl methyl sites for hydroxylation is 4. The molecule has 0 saturated heterocycles. The number of ether oxygens (including phenoxy) is 2. The second-order valence-corrected chi connectivity index (χ2v) is 15.5. The fourth-order valence-corrected chi connectivity index (χ4v) is 6.63. The lowest BCUT2D eigenvalue weighted by atomic mass is 9.91. The van der Waals surface area contributed by atoms with Gasteiger partial charge in [0.05, 0.1) is 18.8 Å². The second-order valence-electron chi connectivity index (χ2n) is 15.5. The van der Waals surface area contributed by atoms with Crippen molar-refractivity contribution >= 4 is 23.8 Å². The van der Waals surface area contributed by atoms with Crippen LogP contribution < -0.4 is 10.6 Å². The van der Waals surface area contributed by atoms with Gasteiger partial charge < -0.3 is 30.3 Å². The number of hydrogen-bond donors (Lipinski definition) is 4. The molecule has 2 rings (SSSR count). The maximum atomic E-state index is 11.8. The van der Waals surface area contributed by atoms with Crippen molar-refractivity contribution < 1.29 is 40.3 Å². The van der Waals surface area contributed by atoms with E-state index in [9.17, 15) is 29.4 Å². The number of aliphatic hydroxyl groups excluding tert-OH is 2. The minimum absolute atomic E-state index is 0. The Bertz CT molecular complexity index is 1360. The van der Waals surface area contributed by atoms with Crippen molar-refractivity contribution in [3.63, 3.8) is 0 Å². The summed E-state index contributed by atoms with van der Waals surface area (Å²) in [5, 5.41) is 24.6. The zero-order valence-electron chi connectivity index (χ0n) is 35.5. The van der Waals surface area contributed by atoms with Crippen LogP contribution in [-0.4, -0.2) is 71.5 Å². The summed E-state index contributed by atoms with van der Waals surface area (Å²) >= 11 is 0. The van der Waals surface area contributed by atoms with Crippen LogP contribution in [0.3, 0.4) is 0 Å². The first-order valence-electron chi connectivity index (χ1n) is 21.0. The van der Waals surface area contributed by atoms with E-state index in [1.807, 2.05) is 0 Å². The van der Waals surface area contributed by atoms with Gasteiger partial charge in [0.25, 0.3) is 0 Å². The summed E-state index contributed by atoms with van der Waals surface area (Å²) in [5.74, 6) is -1.40. The number of nitrogens with one attached hydrogen (secondary N) is 2. The number of hydrogen-bond acceptors (Lipinski definition) is 8. The van der Waals surface area contributed by atoms with Crippen LogP contribution in [0.25, 0.3) is 0 Å². The Balaban J connectivity index is 0. The third-order valence-corrected chi connectivity index (χ3v) is 10.1. The lowest BCUT2D eigenvalue weighted by molar-refractivity contribution is -0.150. The topological polar surface area (TPSA) is 151 Å². The summed E-state index contributed by atoms with van der Waals surface area (Å²) in [4.78, 5) is 45.8. The summed E-state index contributed by atoms with van der Waals surface area (Å²) in [5.41, 5.74) is 3.06. The summed E-state index contributed by atoms with van der Waals surface area (Å²) in [6, 6.07) is 17.1. The van der Waals surface area contributed by atoms with Gasteiger partial charge in [-0.2, -0.15) is 0 Å². The quantitative estimate of drug-likeness (QED) is 0.0493. The van der Waals surface area contributed by atoms with E-state index >= 15 is 0 Å². The molecule has 0 fully saturated rings. The summed E-state index contributed by atoms with van der Waals surface area (Å²) in [6.07, 6.45) is 20.1. The van der Waals surface area contributed by atoms with Crippen LogP contribution in [0.4, 0.5) is 0 Å². The number of carbonyl (C=O) groups is 4. The zero-order valence-corrected chi connectivity index (χ0v) is 35.5. The molecule has 2 aromatic rings. The Kier molecular flexibility index (Phi) is 29.2. The molecule has 0 aliphatic heterocycles. The first-order chi connectivity index (χ1) is 26.8. The lowest BCUT2D eigenvalue weighted by Crippen LogP contribution is -2.55. The molecule has 10 heteroatoms. The Morgan fingerprint density at radius 3 is 1.12 bits per heavy atom. The van der Waals surface area contributed by atoms with Crippen LogP contribution in [0.1, 0.15) is 163 Å². The lowest BCUT2D eigenvalue weighted by Gasteiger charge is -2.33. The highest BCUT2D eigenvalue weighted by Gasteiger charge is 2.34. The molecule has 4 N–H and O–H groups in total. The molecule has 0 atom stereocenters. The van der Waals surface area contributed by atoms with E-state index in [1.54, 1.807) is 0 Å². The number of esters is 2. The molecule has 326 valence electrons. The zero-order chi connectivity index (χ0) is 41.7. The van der Waals surface area contributed by atoms with E-state index in [4.69, 9.17) is 9.47 Å². The average Bonchev–Trinajstić information content (AvgIpc) is 3.17. The smallest absolute Gasteiger partial charge is 0.302 e. The maximum Gasteiger partial charge on any atom is 0.302 e. The molecule has 2 aromatic carbocycles. The fourth-order valence-electron chi connectivity index (χ4n) is 6.63. The van der Waals surface area contributed by atoms with E-state index < -0.39 is 23.0 Å². The van der Waals surface area contributed by atoms with Gasteiger partial charge in [-0.15, -0.1) is 0 Å². The van der Waals surface area contributed by atoms with Crippen molar-refractivity contribution in [3.05, 3.63) is 70.8 Å². The van der Waals surface area contributed by atoms with Crippen LogP contribution >= 0.6 is 0 Å². The van der Waals surface area contributed by atoms with E-state index in [0.29, 0.717) is 25.7 Å². The molecule has 0 heterocycles. The van der Waals surface area contributed by atoms with Crippen molar-refractivity contribution in [3.8, 4) is 0 Å². The Hall–Kier alpha value is -3.76. The number of aliphatic hydroxyl groups is 2. The number of benzene rings is 2. The third-order valence-electron chi connectivity index (χ3n) is 10.1. The highest BCUT2D eigenvalue weighted by molar-refractivity contribution is 5.74. The first-order valence-corrected chi connectivity index (χ1v) is 21.0. The van der Waals surface area contributed by atoms with Gasteiger partial charge in [-0.05, 0) is 73.6 Å². The first kappa shape index (κ1) is 53.2. The Morgan fingerprint density at radius 2 is 0.807 bits per heavy atom. The molecule has 0 saturated carbocycles. The molecule has 0 aliphatic rings. The van der Waals surface area contributed by atoms with Gasteiger partial charge in [0.1, 0.15) is 18.8 Å². The van der Waals surface area contributed by atoms with E-state index in [0.717, 1.165) is 24.0 Å². The Morgan fingerprint density at radius 1 is 0.509 bits per heavy atom. The highest BCUT2D eigenvalue weighted by atomic mass is 16.5. The normalized spacial score (nSPS) is 11.1. The molecule has 0 radical (unpaired) electrons. The molecule has 0 spiro atoms. The number of rotatable bonds is 28. The van der Waals surface area contributed by atoms with Gasteiger partial charge in [0, 0.05) is 29.1 Å². The van der Waals surface area contributed by atoms with E-state index in [2.05, 4.69) is 73.0 Å². The van der Waals surface area contributed by atoms with E-state index in [1.165, 1.54) is 116 Å². The Labute approximate surface area is 346 Å². The van der Waals surface area contributed by atoms with Crippen molar-refractivity contribution in [1.82, 2.24) is 10.6 Å². The standard InChI is InChI=1S/C25H39NO5.C21H35NO3.CH4.H2/c1-5-6-7-8-9-10-11-23-12-14-24(15-13-23)16-17-25(26-20(2)27,18-30-21(3)28)19-31-22(4)29;1-3-4-5-6-7-8-9-19-10-12-20(13-11-19)14-15-21(16-23,17-24)22-18(2)25;;/h12-15H,5-11,16-19H2,1-4H3,(H,26,27);10-13,23-24H,3-9,14-17H2,1-2H3,(H,22,25);1H4;1H/i;;;1+1. The molecular formula is C47H80N2O8. The summed E-state index contributed by atoms with van der Waals surface area (Å²) < 4.78 is 10.4. The number of unbranched alkanes of at least 4 members (excludes halogenated alkanes) is 10. The molecule has 0 unspecified atom stereocenters. The van der Waals surface area contributed by atoms with Crippen molar-refractivity contribution in [1.29, 1.82) is 0 Å². The third kappa shape index (κ3) is 25.3.